The Morgan fingerprint density at radius 3 is 2.36 bits per heavy atom. The van der Waals surface area contributed by atoms with Gasteiger partial charge in [0.25, 0.3) is 0 Å². The molecule has 2 fully saturated rings. The first kappa shape index (κ1) is 21.6. The van der Waals surface area contributed by atoms with E-state index in [-0.39, 0.29) is 36.7 Å². The zero-order chi connectivity index (χ0) is 19.6. The van der Waals surface area contributed by atoms with Crippen molar-refractivity contribution >= 4 is 36.2 Å². The summed E-state index contributed by atoms with van der Waals surface area (Å²) in [5.74, 6) is -2.09. The van der Waals surface area contributed by atoms with Gasteiger partial charge in [-0.05, 0) is 18.0 Å². The molecular weight excluding hydrogens is 384 g/mol. The summed E-state index contributed by atoms with van der Waals surface area (Å²) >= 11 is 0. The van der Waals surface area contributed by atoms with Crippen LogP contribution in [0.2, 0.25) is 0 Å². The molecule has 0 aromatic heterocycles. The van der Waals surface area contributed by atoms with E-state index in [0.717, 1.165) is 10.5 Å². The maximum absolute atomic E-state index is 12.7. The number of hydrogen-bond donors (Lipinski definition) is 1. The Labute approximate surface area is 169 Å². The maximum atomic E-state index is 12.7. The molecular formula is C19H23ClN4O4. The Morgan fingerprint density at radius 1 is 1.11 bits per heavy atom. The molecule has 1 aromatic carbocycles. The van der Waals surface area contributed by atoms with Gasteiger partial charge in [0.15, 0.2) is 0 Å². The largest absolute Gasteiger partial charge is 0.340 e. The zero-order valence-electron chi connectivity index (χ0n) is 15.3. The van der Waals surface area contributed by atoms with Gasteiger partial charge < -0.3 is 10.6 Å². The third-order valence-corrected chi connectivity index (χ3v) is 5.06. The molecule has 0 radical (unpaired) electrons. The van der Waals surface area contributed by atoms with Gasteiger partial charge in [-0.3, -0.25) is 19.3 Å². The summed E-state index contributed by atoms with van der Waals surface area (Å²) in [7, 11) is 0. The van der Waals surface area contributed by atoms with Gasteiger partial charge in [0.05, 0.1) is 0 Å². The van der Waals surface area contributed by atoms with Gasteiger partial charge in [0, 0.05) is 25.6 Å². The van der Waals surface area contributed by atoms with E-state index in [1.807, 2.05) is 30.3 Å². The van der Waals surface area contributed by atoms with Crippen molar-refractivity contribution in [2.75, 3.05) is 32.7 Å². The fourth-order valence-corrected chi connectivity index (χ4v) is 3.61. The van der Waals surface area contributed by atoms with Crippen LogP contribution in [0.5, 0.6) is 0 Å². The van der Waals surface area contributed by atoms with E-state index in [1.165, 1.54) is 6.08 Å². The molecule has 2 saturated heterocycles. The lowest BCUT2D eigenvalue weighted by atomic mass is 9.89. The van der Waals surface area contributed by atoms with Crippen LogP contribution >= 0.6 is 12.4 Å². The second-order valence-electron chi connectivity index (χ2n) is 6.69. The minimum atomic E-state index is -0.982. The maximum Gasteiger partial charge on any atom is 0.335 e. The summed E-state index contributed by atoms with van der Waals surface area (Å²) < 4.78 is 0. The van der Waals surface area contributed by atoms with Crippen molar-refractivity contribution in [2.24, 2.45) is 11.7 Å². The molecule has 2 heterocycles. The van der Waals surface area contributed by atoms with E-state index in [9.17, 15) is 19.2 Å². The van der Waals surface area contributed by atoms with Crippen LogP contribution in [0.15, 0.2) is 43.0 Å². The lowest BCUT2D eigenvalue weighted by molar-refractivity contribution is -0.144. The monoisotopic (exact) mass is 406 g/mol. The molecule has 3 rings (SSSR count). The molecule has 2 N–H and O–H groups in total. The molecule has 0 unspecified atom stereocenters. The minimum absolute atomic E-state index is 0. The third-order valence-electron chi connectivity index (χ3n) is 5.06. The molecule has 1 aromatic rings. The predicted molar refractivity (Wildman–Crippen MR) is 105 cm³/mol. The molecule has 5 amide bonds. The summed E-state index contributed by atoms with van der Waals surface area (Å²) in [5.41, 5.74) is 6.98. The lowest BCUT2D eigenvalue weighted by Crippen LogP contribution is -2.43. The van der Waals surface area contributed by atoms with Crippen molar-refractivity contribution in [3.05, 3.63) is 48.6 Å². The summed E-state index contributed by atoms with van der Waals surface area (Å²) in [6.45, 7) is 4.29. The molecule has 0 aliphatic carbocycles. The average molecular weight is 407 g/mol. The third kappa shape index (κ3) is 3.93. The molecule has 8 nitrogen and oxygen atoms in total. The van der Waals surface area contributed by atoms with E-state index in [1.54, 1.807) is 4.90 Å². The molecule has 2 aliphatic heterocycles. The number of carbonyl (C=O) groups excluding carboxylic acids is 4. The number of amides is 5. The average Bonchev–Trinajstić information content (AvgIpc) is 3.20. The fourth-order valence-electron chi connectivity index (χ4n) is 3.61. The van der Waals surface area contributed by atoms with Crippen molar-refractivity contribution < 1.29 is 19.2 Å². The van der Waals surface area contributed by atoms with Crippen LogP contribution in [0.25, 0.3) is 0 Å². The Morgan fingerprint density at radius 2 is 1.75 bits per heavy atom. The summed E-state index contributed by atoms with van der Waals surface area (Å²) in [5, 5.41) is 0. The van der Waals surface area contributed by atoms with E-state index >= 15 is 0 Å². The molecule has 2 aliphatic rings. The quantitative estimate of drug-likeness (QED) is 0.423. The van der Waals surface area contributed by atoms with Gasteiger partial charge in [0.1, 0.15) is 6.54 Å². The van der Waals surface area contributed by atoms with Crippen LogP contribution in [-0.2, 0) is 14.4 Å². The highest BCUT2D eigenvalue weighted by Gasteiger charge is 2.45. The van der Waals surface area contributed by atoms with Gasteiger partial charge in [-0.1, -0.05) is 36.4 Å². The first-order valence-electron chi connectivity index (χ1n) is 8.79. The van der Waals surface area contributed by atoms with Crippen LogP contribution in [-0.4, -0.2) is 71.2 Å². The molecule has 9 heteroatoms. The van der Waals surface area contributed by atoms with Gasteiger partial charge in [-0.15, -0.1) is 19.0 Å². The first-order valence-corrected chi connectivity index (χ1v) is 8.79. The Hall–Kier alpha value is -2.71. The Bertz CT molecular complexity index is 785. The first-order chi connectivity index (χ1) is 13.0. The summed E-state index contributed by atoms with van der Waals surface area (Å²) in [6, 6.07) is 9.02. The molecule has 0 bridgehead atoms. The molecule has 150 valence electrons. The molecule has 0 saturated carbocycles. The Balaban J connectivity index is 0.00000280. The lowest BCUT2D eigenvalue weighted by Gasteiger charge is -2.20. The number of imide groups is 2. The number of hydrogen-bond acceptors (Lipinski definition) is 5. The highest BCUT2D eigenvalue weighted by Crippen LogP contribution is 2.32. The number of carbonyl (C=O) groups is 4. The number of benzene rings is 1. The van der Waals surface area contributed by atoms with Crippen LogP contribution in [0.4, 0.5) is 4.79 Å². The number of likely N-dealkylation sites (tertiary alicyclic amines) is 1. The number of nitrogens with zero attached hydrogens (tertiary/aromatic N) is 3. The predicted octanol–water partition coefficient (Wildman–Crippen LogP) is 0.586. The van der Waals surface area contributed by atoms with Gasteiger partial charge in [0.2, 0.25) is 5.91 Å². The summed E-state index contributed by atoms with van der Waals surface area (Å²) in [6.07, 6.45) is 1.35. The van der Waals surface area contributed by atoms with Crippen LogP contribution in [0.3, 0.4) is 0 Å². The Kier molecular flexibility index (Phi) is 6.93. The van der Waals surface area contributed by atoms with E-state index < -0.39 is 24.4 Å². The van der Waals surface area contributed by atoms with Crippen LogP contribution < -0.4 is 5.73 Å². The number of nitrogens with two attached hydrogens (primary N) is 1. The normalized spacial score (nSPS) is 21.9. The van der Waals surface area contributed by atoms with Crippen molar-refractivity contribution in [1.29, 1.82) is 0 Å². The number of halogens is 1. The fraction of sp³-hybridized carbons (Fsp3) is 0.368. The van der Waals surface area contributed by atoms with Gasteiger partial charge in [-0.25, -0.2) is 9.69 Å². The molecule has 0 spiro atoms. The number of rotatable bonds is 6. The van der Waals surface area contributed by atoms with Crippen LogP contribution in [0, 0.1) is 5.92 Å². The number of urea groups is 1. The zero-order valence-corrected chi connectivity index (χ0v) is 16.1. The van der Waals surface area contributed by atoms with E-state index in [4.69, 9.17) is 5.73 Å². The van der Waals surface area contributed by atoms with E-state index in [0.29, 0.717) is 24.5 Å². The van der Waals surface area contributed by atoms with Crippen molar-refractivity contribution in [1.82, 2.24) is 14.7 Å². The van der Waals surface area contributed by atoms with Crippen molar-refractivity contribution in [3.8, 4) is 0 Å². The topological polar surface area (TPSA) is 104 Å². The highest BCUT2D eigenvalue weighted by atomic mass is 35.5. The highest BCUT2D eigenvalue weighted by molar-refractivity contribution is 6.45. The van der Waals surface area contributed by atoms with Gasteiger partial charge in [-0.2, -0.15) is 0 Å². The summed E-state index contributed by atoms with van der Waals surface area (Å²) in [4.78, 5) is 51.9. The van der Waals surface area contributed by atoms with E-state index in [2.05, 4.69) is 6.58 Å². The second-order valence-corrected chi connectivity index (χ2v) is 6.69. The minimum Gasteiger partial charge on any atom is -0.340 e. The van der Waals surface area contributed by atoms with Crippen LogP contribution in [0.1, 0.15) is 11.5 Å². The SMILES string of the molecule is C=CCN1C(=O)C(=O)N(CC(=O)N2C[C@@H](CN)[C@H](c3ccccc3)C2)C1=O.Cl. The molecule has 28 heavy (non-hydrogen) atoms. The van der Waals surface area contributed by atoms with Crippen molar-refractivity contribution in [2.45, 2.75) is 5.92 Å². The standard InChI is InChI=1S/C19H22N4O4.ClH/c1-2-8-22-17(25)18(26)23(19(22)27)12-16(24)21-10-14(9-20)15(11-21)13-6-4-3-5-7-13;/h2-7,14-15H,1,8-12,20H2;1H/t14-,15+;/m1./s1. The second kappa shape index (κ2) is 8.99. The van der Waals surface area contributed by atoms with Gasteiger partial charge >= 0.3 is 17.8 Å². The molecule has 2 atom stereocenters. The smallest absolute Gasteiger partial charge is 0.335 e. The van der Waals surface area contributed by atoms with Crippen molar-refractivity contribution in [3.63, 3.8) is 0 Å².